The predicted molar refractivity (Wildman–Crippen MR) is 107 cm³/mol. The second-order valence-corrected chi connectivity index (χ2v) is 6.68. The van der Waals surface area contributed by atoms with Gasteiger partial charge < -0.3 is 20.1 Å². The summed E-state index contributed by atoms with van der Waals surface area (Å²) in [6.45, 7) is 4.96. The van der Waals surface area contributed by atoms with Gasteiger partial charge in [0.05, 0.1) is 13.2 Å². The van der Waals surface area contributed by atoms with E-state index in [4.69, 9.17) is 9.47 Å². The van der Waals surface area contributed by atoms with Gasteiger partial charge in [0, 0.05) is 44.5 Å². The maximum absolute atomic E-state index is 6.16. The normalized spacial score (nSPS) is 17.0. The van der Waals surface area contributed by atoms with E-state index in [9.17, 15) is 0 Å². The molecule has 2 N–H and O–H groups in total. The lowest BCUT2D eigenvalue weighted by Gasteiger charge is -2.18. The number of nitrogens with zero attached hydrogens (tertiary/aromatic N) is 2. The molecule has 0 bridgehead atoms. The molecule has 0 amide bonds. The lowest BCUT2D eigenvalue weighted by molar-refractivity contribution is 0.140. The third kappa shape index (κ3) is 5.96. The highest BCUT2D eigenvalue weighted by molar-refractivity contribution is 5.79. The van der Waals surface area contributed by atoms with Crippen LogP contribution in [0.15, 0.2) is 47.7 Å². The van der Waals surface area contributed by atoms with E-state index in [-0.39, 0.29) is 6.10 Å². The molecule has 0 spiro atoms. The first-order chi connectivity index (χ1) is 13.2. The van der Waals surface area contributed by atoms with Crippen molar-refractivity contribution in [3.8, 4) is 5.75 Å². The fourth-order valence-corrected chi connectivity index (χ4v) is 2.97. The third-order valence-corrected chi connectivity index (χ3v) is 4.50. The Labute approximate surface area is 161 Å². The van der Waals surface area contributed by atoms with Crippen LogP contribution in [0.5, 0.6) is 5.75 Å². The summed E-state index contributed by atoms with van der Waals surface area (Å²) in [7, 11) is 1.78. The van der Waals surface area contributed by atoms with E-state index in [0.717, 1.165) is 43.3 Å². The molecule has 1 saturated heterocycles. The van der Waals surface area contributed by atoms with Crippen molar-refractivity contribution in [3.63, 3.8) is 0 Å². The zero-order chi connectivity index (χ0) is 18.9. The van der Waals surface area contributed by atoms with Crippen LogP contribution in [0.4, 0.5) is 0 Å². The molecule has 1 aromatic carbocycles. The highest BCUT2D eigenvalue weighted by Gasteiger charge is 2.18. The molecule has 1 aliphatic heterocycles. The number of benzene rings is 1. The number of aryl methyl sites for hydroxylation is 1. The van der Waals surface area contributed by atoms with Gasteiger partial charge in [-0.05, 0) is 36.6 Å². The summed E-state index contributed by atoms with van der Waals surface area (Å²) in [5.41, 5.74) is 3.50. The SMILES string of the molecule is CN=C(NCCc1cccnc1)NCc1ccc(C)cc1OC1CCOC1. The van der Waals surface area contributed by atoms with Crippen molar-refractivity contribution in [3.05, 3.63) is 59.4 Å². The van der Waals surface area contributed by atoms with Gasteiger partial charge in [-0.3, -0.25) is 9.98 Å². The molecule has 1 fully saturated rings. The minimum absolute atomic E-state index is 0.141. The number of nitrogens with one attached hydrogen (secondary N) is 2. The van der Waals surface area contributed by atoms with Gasteiger partial charge in [0.15, 0.2) is 5.96 Å². The van der Waals surface area contributed by atoms with Gasteiger partial charge in [-0.25, -0.2) is 0 Å². The van der Waals surface area contributed by atoms with Crippen LogP contribution in [-0.2, 0) is 17.7 Å². The van der Waals surface area contributed by atoms with E-state index in [2.05, 4.69) is 51.8 Å². The minimum atomic E-state index is 0.141. The number of hydrogen-bond donors (Lipinski definition) is 2. The van der Waals surface area contributed by atoms with Crippen LogP contribution >= 0.6 is 0 Å². The van der Waals surface area contributed by atoms with Gasteiger partial charge in [-0.2, -0.15) is 0 Å². The maximum atomic E-state index is 6.16. The Morgan fingerprint density at radius 1 is 1.33 bits per heavy atom. The van der Waals surface area contributed by atoms with Crippen molar-refractivity contribution in [1.82, 2.24) is 15.6 Å². The van der Waals surface area contributed by atoms with Crippen molar-refractivity contribution >= 4 is 5.96 Å². The molecule has 1 unspecified atom stereocenters. The Morgan fingerprint density at radius 2 is 2.26 bits per heavy atom. The van der Waals surface area contributed by atoms with E-state index < -0.39 is 0 Å². The van der Waals surface area contributed by atoms with Gasteiger partial charge in [0.25, 0.3) is 0 Å². The summed E-state index contributed by atoms with van der Waals surface area (Å²) < 4.78 is 11.6. The molecule has 2 heterocycles. The summed E-state index contributed by atoms with van der Waals surface area (Å²) in [6.07, 6.45) is 5.66. The standard InChI is InChI=1S/C21H28N4O2/c1-16-5-6-18(20(12-16)27-19-8-11-26-15-19)14-25-21(22-2)24-10-7-17-4-3-9-23-13-17/h3-6,9,12-13,19H,7-8,10-11,14-15H2,1-2H3,(H2,22,24,25). The number of aliphatic imine (C=N–C) groups is 1. The first kappa shape index (κ1) is 19.2. The van der Waals surface area contributed by atoms with Crippen molar-refractivity contribution in [2.24, 2.45) is 4.99 Å². The Balaban J connectivity index is 1.52. The molecular weight excluding hydrogens is 340 g/mol. The lowest BCUT2D eigenvalue weighted by atomic mass is 10.1. The van der Waals surface area contributed by atoms with Crippen LogP contribution in [0.1, 0.15) is 23.1 Å². The van der Waals surface area contributed by atoms with E-state index in [1.807, 2.05) is 12.3 Å². The average molecular weight is 368 g/mol. The second kappa shape index (κ2) is 9.92. The molecule has 6 heteroatoms. The molecule has 144 valence electrons. The van der Waals surface area contributed by atoms with Crippen LogP contribution in [0, 0.1) is 6.92 Å². The summed E-state index contributed by atoms with van der Waals surface area (Å²) in [5, 5.41) is 6.71. The molecule has 0 saturated carbocycles. The highest BCUT2D eigenvalue weighted by atomic mass is 16.5. The molecule has 0 aliphatic carbocycles. The molecule has 1 aliphatic rings. The molecule has 1 atom stereocenters. The van der Waals surface area contributed by atoms with Gasteiger partial charge in [-0.15, -0.1) is 0 Å². The minimum Gasteiger partial charge on any atom is -0.488 e. The zero-order valence-corrected chi connectivity index (χ0v) is 16.1. The van der Waals surface area contributed by atoms with Crippen LogP contribution in [-0.4, -0.2) is 43.9 Å². The number of hydrogen-bond acceptors (Lipinski definition) is 4. The summed E-state index contributed by atoms with van der Waals surface area (Å²) in [6, 6.07) is 10.3. The van der Waals surface area contributed by atoms with Gasteiger partial charge in [0.1, 0.15) is 11.9 Å². The van der Waals surface area contributed by atoms with Crippen molar-refractivity contribution in [2.75, 3.05) is 26.8 Å². The molecule has 3 rings (SSSR count). The predicted octanol–water partition coefficient (Wildman–Crippen LogP) is 2.47. The summed E-state index contributed by atoms with van der Waals surface area (Å²) >= 11 is 0. The van der Waals surface area contributed by atoms with Crippen molar-refractivity contribution in [2.45, 2.75) is 32.4 Å². The lowest BCUT2D eigenvalue weighted by Crippen LogP contribution is -2.38. The molecule has 2 aromatic rings. The fourth-order valence-electron chi connectivity index (χ4n) is 2.97. The monoisotopic (exact) mass is 368 g/mol. The highest BCUT2D eigenvalue weighted by Crippen LogP contribution is 2.23. The Morgan fingerprint density at radius 3 is 3.00 bits per heavy atom. The number of guanidine groups is 1. The van der Waals surface area contributed by atoms with Crippen LogP contribution < -0.4 is 15.4 Å². The molecule has 27 heavy (non-hydrogen) atoms. The molecule has 6 nitrogen and oxygen atoms in total. The number of ether oxygens (including phenoxy) is 2. The number of aromatic nitrogens is 1. The average Bonchev–Trinajstić information content (AvgIpc) is 3.19. The third-order valence-electron chi connectivity index (χ3n) is 4.50. The molecular formula is C21H28N4O2. The first-order valence-corrected chi connectivity index (χ1v) is 9.42. The van der Waals surface area contributed by atoms with Crippen LogP contribution in [0.3, 0.4) is 0 Å². The van der Waals surface area contributed by atoms with Crippen molar-refractivity contribution in [1.29, 1.82) is 0 Å². The maximum Gasteiger partial charge on any atom is 0.191 e. The number of pyridine rings is 1. The van der Waals surface area contributed by atoms with E-state index >= 15 is 0 Å². The second-order valence-electron chi connectivity index (χ2n) is 6.68. The molecule has 1 aromatic heterocycles. The smallest absolute Gasteiger partial charge is 0.191 e. The Kier molecular flexibility index (Phi) is 7.04. The fraction of sp³-hybridized carbons (Fsp3) is 0.429. The van der Waals surface area contributed by atoms with Gasteiger partial charge in [0.2, 0.25) is 0 Å². The zero-order valence-electron chi connectivity index (χ0n) is 16.1. The topological polar surface area (TPSA) is 67.8 Å². The van der Waals surface area contributed by atoms with Crippen LogP contribution in [0.25, 0.3) is 0 Å². The summed E-state index contributed by atoms with van der Waals surface area (Å²) in [5.74, 6) is 1.69. The largest absolute Gasteiger partial charge is 0.488 e. The van der Waals surface area contributed by atoms with E-state index in [0.29, 0.717) is 13.2 Å². The van der Waals surface area contributed by atoms with E-state index in [1.54, 1.807) is 13.2 Å². The molecule has 0 radical (unpaired) electrons. The van der Waals surface area contributed by atoms with Crippen LogP contribution in [0.2, 0.25) is 0 Å². The first-order valence-electron chi connectivity index (χ1n) is 9.42. The van der Waals surface area contributed by atoms with E-state index in [1.165, 1.54) is 11.1 Å². The Hall–Kier alpha value is -2.60. The Bertz CT molecular complexity index is 743. The summed E-state index contributed by atoms with van der Waals surface area (Å²) in [4.78, 5) is 8.44. The van der Waals surface area contributed by atoms with Gasteiger partial charge >= 0.3 is 0 Å². The van der Waals surface area contributed by atoms with Crippen molar-refractivity contribution < 1.29 is 9.47 Å². The quantitative estimate of drug-likeness (QED) is 0.580. The van der Waals surface area contributed by atoms with Gasteiger partial charge in [-0.1, -0.05) is 18.2 Å². The number of rotatable bonds is 7.